The second-order valence-electron chi connectivity index (χ2n) is 7.07. The van der Waals surface area contributed by atoms with E-state index < -0.39 is 0 Å². The molecule has 0 amide bonds. The number of aromatic amines is 1. The van der Waals surface area contributed by atoms with Gasteiger partial charge >= 0.3 is 0 Å². The van der Waals surface area contributed by atoms with Crippen molar-refractivity contribution < 1.29 is 0 Å². The fraction of sp³-hybridized carbons (Fsp3) is 0.318. The van der Waals surface area contributed by atoms with Crippen LogP contribution < -0.4 is 5.32 Å². The Kier molecular flexibility index (Phi) is 6.21. The van der Waals surface area contributed by atoms with Crippen LogP contribution in [0.4, 0.5) is 0 Å². The first-order valence-electron chi connectivity index (χ1n) is 9.20. The number of nitrogens with zero attached hydrogens (tertiary/aromatic N) is 2. The normalized spacial score (nSPS) is 11.4. The minimum absolute atomic E-state index is 0.550. The number of aromatic nitrogens is 2. The monoisotopic (exact) mass is 348 g/mol. The summed E-state index contributed by atoms with van der Waals surface area (Å²) >= 11 is 0. The molecule has 136 valence electrons. The van der Waals surface area contributed by atoms with Gasteiger partial charge < -0.3 is 5.32 Å². The van der Waals surface area contributed by atoms with Gasteiger partial charge in [-0.1, -0.05) is 54.6 Å². The average Bonchev–Trinajstić information content (AvgIpc) is 3.11. The van der Waals surface area contributed by atoms with E-state index in [9.17, 15) is 0 Å². The molecule has 0 aliphatic heterocycles. The molecule has 0 aliphatic carbocycles. The molecule has 3 aromatic rings. The van der Waals surface area contributed by atoms with E-state index in [1.807, 2.05) is 24.4 Å². The number of benzene rings is 2. The van der Waals surface area contributed by atoms with Crippen LogP contribution in [0.5, 0.6) is 0 Å². The van der Waals surface area contributed by atoms with Crippen LogP contribution in [0.1, 0.15) is 30.5 Å². The molecular formula is C22H28N4. The lowest BCUT2D eigenvalue weighted by Crippen LogP contribution is -2.25. The Hall–Kier alpha value is -2.43. The van der Waals surface area contributed by atoms with E-state index in [2.05, 4.69) is 77.7 Å². The number of rotatable bonds is 8. The summed E-state index contributed by atoms with van der Waals surface area (Å²) in [4.78, 5) is 2.35. The minimum Gasteiger partial charge on any atom is -0.308 e. The summed E-state index contributed by atoms with van der Waals surface area (Å²) in [7, 11) is 2.17. The van der Waals surface area contributed by atoms with Gasteiger partial charge in [0.25, 0.3) is 0 Å². The van der Waals surface area contributed by atoms with Crippen molar-refractivity contribution in [1.29, 1.82) is 0 Å². The van der Waals surface area contributed by atoms with Gasteiger partial charge in [-0.05, 0) is 37.6 Å². The number of hydrogen-bond acceptors (Lipinski definition) is 3. The Labute approximate surface area is 156 Å². The lowest BCUT2D eigenvalue weighted by molar-refractivity contribution is 0.266. The molecule has 0 bridgehead atoms. The maximum Gasteiger partial charge on any atom is 0.0695 e. The average molecular weight is 348 g/mol. The van der Waals surface area contributed by atoms with E-state index in [0.717, 1.165) is 25.3 Å². The molecule has 0 fully saturated rings. The zero-order chi connectivity index (χ0) is 18.4. The molecule has 4 nitrogen and oxygen atoms in total. The van der Waals surface area contributed by atoms with Crippen molar-refractivity contribution in [3.05, 3.63) is 77.5 Å². The molecular weight excluding hydrogens is 320 g/mol. The molecule has 0 aliphatic rings. The summed E-state index contributed by atoms with van der Waals surface area (Å²) in [5, 5.41) is 10.9. The van der Waals surface area contributed by atoms with Gasteiger partial charge in [0, 0.05) is 31.2 Å². The predicted octanol–water partition coefficient (Wildman–Crippen LogP) is 4.21. The van der Waals surface area contributed by atoms with Gasteiger partial charge in [-0.15, -0.1) is 0 Å². The fourth-order valence-corrected chi connectivity index (χ4v) is 2.95. The molecule has 26 heavy (non-hydrogen) atoms. The molecule has 1 heterocycles. The van der Waals surface area contributed by atoms with Gasteiger partial charge in [0.15, 0.2) is 0 Å². The maximum absolute atomic E-state index is 4.22. The van der Waals surface area contributed by atoms with Gasteiger partial charge in [0.1, 0.15) is 0 Å². The van der Waals surface area contributed by atoms with Crippen molar-refractivity contribution in [2.24, 2.45) is 0 Å². The third-order valence-corrected chi connectivity index (χ3v) is 4.73. The lowest BCUT2D eigenvalue weighted by Gasteiger charge is -2.21. The predicted molar refractivity (Wildman–Crippen MR) is 108 cm³/mol. The highest BCUT2D eigenvalue weighted by Crippen LogP contribution is 2.20. The summed E-state index contributed by atoms with van der Waals surface area (Å²) in [6.07, 6.45) is 1.91. The van der Waals surface area contributed by atoms with Crippen LogP contribution in [0.2, 0.25) is 0 Å². The third kappa shape index (κ3) is 4.81. The molecule has 0 unspecified atom stereocenters. The Morgan fingerprint density at radius 3 is 2.54 bits per heavy atom. The molecule has 3 rings (SSSR count). The van der Waals surface area contributed by atoms with Crippen LogP contribution in [0.3, 0.4) is 0 Å². The first kappa shape index (κ1) is 18.4. The van der Waals surface area contributed by atoms with Crippen molar-refractivity contribution in [2.45, 2.75) is 39.5 Å². The summed E-state index contributed by atoms with van der Waals surface area (Å²) in [5.41, 5.74) is 6.11. The Morgan fingerprint density at radius 2 is 1.77 bits per heavy atom. The largest absolute Gasteiger partial charge is 0.308 e. The van der Waals surface area contributed by atoms with E-state index in [-0.39, 0.29) is 0 Å². The molecule has 1 aromatic heterocycles. The van der Waals surface area contributed by atoms with Gasteiger partial charge in [0.2, 0.25) is 0 Å². The summed E-state index contributed by atoms with van der Waals surface area (Å²) in [6, 6.07) is 19.7. The molecule has 2 N–H and O–H groups in total. The van der Waals surface area contributed by atoms with E-state index in [0.29, 0.717) is 6.04 Å². The molecule has 2 aromatic carbocycles. The number of hydrogen-bond donors (Lipinski definition) is 2. The highest BCUT2D eigenvalue weighted by Gasteiger charge is 2.08. The zero-order valence-electron chi connectivity index (χ0n) is 15.9. The molecule has 0 radical (unpaired) electrons. The minimum atomic E-state index is 0.550. The van der Waals surface area contributed by atoms with E-state index in [1.165, 1.54) is 22.3 Å². The fourth-order valence-electron chi connectivity index (χ4n) is 2.95. The number of H-pyrrole nitrogens is 1. The van der Waals surface area contributed by atoms with E-state index in [1.54, 1.807) is 0 Å². The summed E-state index contributed by atoms with van der Waals surface area (Å²) in [6.45, 7) is 7.06. The van der Waals surface area contributed by atoms with Crippen molar-refractivity contribution in [3.63, 3.8) is 0 Å². The Balaban J connectivity index is 1.59. The SMILES string of the molecule is CC(C)N(C)Cc1cccc(CNCc2cn[nH]c2-c2ccccc2)c1. The highest BCUT2D eigenvalue weighted by molar-refractivity contribution is 5.62. The smallest absolute Gasteiger partial charge is 0.0695 e. The van der Waals surface area contributed by atoms with E-state index >= 15 is 0 Å². The summed E-state index contributed by atoms with van der Waals surface area (Å²) < 4.78 is 0. The molecule has 0 saturated carbocycles. The summed E-state index contributed by atoms with van der Waals surface area (Å²) in [5.74, 6) is 0. The molecule has 4 heteroatoms. The number of nitrogens with one attached hydrogen (secondary N) is 2. The van der Waals surface area contributed by atoms with Gasteiger partial charge in [0.05, 0.1) is 11.9 Å². The van der Waals surface area contributed by atoms with Crippen LogP contribution in [-0.2, 0) is 19.6 Å². The topological polar surface area (TPSA) is 44.0 Å². The molecule has 0 atom stereocenters. The Morgan fingerprint density at radius 1 is 1.00 bits per heavy atom. The van der Waals surface area contributed by atoms with Gasteiger partial charge in [-0.2, -0.15) is 5.10 Å². The first-order valence-corrected chi connectivity index (χ1v) is 9.20. The van der Waals surface area contributed by atoms with Crippen molar-refractivity contribution in [1.82, 2.24) is 20.4 Å². The van der Waals surface area contributed by atoms with E-state index in [4.69, 9.17) is 0 Å². The van der Waals surface area contributed by atoms with Crippen LogP contribution >= 0.6 is 0 Å². The lowest BCUT2D eigenvalue weighted by atomic mass is 10.1. The second-order valence-corrected chi connectivity index (χ2v) is 7.07. The maximum atomic E-state index is 4.22. The highest BCUT2D eigenvalue weighted by atomic mass is 15.1. The first-order chi connectivity index (χ1) is 12.6. The van der Waals surface area contributed by atoms with Crippen LogP contribution in [0.25, 0.3) is 11.3 Å². The standard InChI is InChI=1S/C22H28N4/c1-17(2)26(3)16-19-9-7-8-18(12-19)13-23-14-21-15-24-25-22(21)20-10-5-4-6-11-20/h4-12,15,17,23H,13-14,16H2,1-3H3,(H,24,25). The van der Waals surface area contributed by atoms with Crippen molar-refractivity contribution >= 4 is 0 Å². The van der Waals surface area contributed by atoms with Crippen LogP contribution in [-0.4, -0.2) is 28.2 Å². The van der Waals surface area contributed by atoms with Gasteiger partial charge in [-0.3, -0.25) is 10.00 Å². The quantitative estimate of drug-likeness (QED) is 0.641. The van der Waals surface area contributed by atoms with Gasteiger partial charge in [-0.25, -0.2) is 0 Å². The zero-order valence-corrected chi connectivity index (χ0v) is 15.9. The second kappa shape index (κ2) is 8.79. The Bertz CT molecular complexity index is 808. The molecule has 0 saturated heterocycles. The third-order valence-electron chi connectivity index (χ3n) is 4.73. The van der Waals surface area contributed by atoms with Crippen molar-refractivity contribution in [2.75, 3.05) is 7.05 Å². The van der Waals surface area contributed by atoms with Crippen LogP contribution in [0, 0.1) is 0 Å². The van der Waals surface area contributed by atoms with Crippen molar-refractivity contribution in [3.8, 4) is 11.3 Å². The molecule has 0 spiro atoms. The van der Waals surface area contributed by atoms with Crippen LogP contribution in [0.15, 0.2) is 60.8 Å².